The fraction of sp³-hybridized carbons (Fsp3) is 0.727. The van der Waals surface area contributed by atoms with Crippen LogP contribution in [-0.2, 0) is 6.54 Å². The average Bonchev–Trinajstić information content (AvgIpc) is 2.98. The zero-order valence-electron chi connectivity index (χ0n) is 9.49. The SMILES string of the molecule is CNCCN(C)Cc1cc(C2CC2)on1. The summed E-state index contributed by atoms with van der Waals surface area (Å²) in [5.74, 6) is 1.74. The van der Waals surface area contributed by atoms with Gasteiger partial charge in [0.25, 0.3) is 0 Å². The summed E-state index contributed by atoms with van der Waals surface area (Å²) in [6.45, 7) is 2.91. The summed E-state index contributed by atoms with van der Waals surface area (Å²) in [6, 6.07) is 2.10. The van der Waals surface area contributed by atoms with Crippen molar-refractivity contribution >= 4 is 0 Å². The molecule has 4 nitrogen and oxygen atoms in total. The number of hydrogen-bond acceptors (Lipinski definition) is 4. The van der Waals surface area contributed by atoms with Gasteiger partial charge in [-0.3, -0.25) is 4.90 Å². The van der Waals surface area contributed by atoms with Crippen LogP contribution >= 0.6 is 0 Å². The second-order valence-electron chi connectivity index (χ2n) is 4.34. The summed E-state index contributed by atoms with van der Waals surface area (Å²) in [5, 5.41) is 7.22. The Labute approximate surface area is 90.6 Å². The Morgan fingerprint density at radius 3 is 3.07 bits per heavy atom. The lowest BCUT2D eigenvalue weighted by Gasteiger charge is -2.13. The van der Waals surface area contributed by atoms with E-state index < -0.39 is 0 Å². The van der Waals surface area contributed by atoms with Gasteiger partial charge in [-0.2, -0.15) is 0 Å². The van der Waals surface area contributed by atoms with Gasteiger partial charge in [0, 0.05) is 31.6 Å². The van der Waals surface area contributed by atoms with Crippen molar-refractivity contribution in [1.82, 2.24) is 15.4 Å². The van der Waals surface area contributed by atoms with Gasteiger partial charge in [0.2, 0.25) is 0 Å². The molecule has 0 bridgehead atoms. The van der Waals surface area contributed by atoms with Crippen molar-refractivity contribution in [3.05, 3.63) is 17.5 Å². The van der Waals surface area contributed by atoms with Crippen molar-refractivity contribution in [1.29, 1.82) is 0 Å². The quantitative estimate of drug-likeness (QED) is 0.764. The largest absolute Gasteiger partial charge is 0.361 e. The average molecular weight is 209 g/mol. The second-order valence-corrected chi connectivity index (χ2v) is 4.34. The van der Waals surface area contributed by atoms with Crippen molar-refractivity contribution in [3.63, 3.8) is 0 Å². The van der Waals surface area contributed by atoms with E-state index in [1.54, 1.807) is 0 Å². The molecule has 0 saturated heterocycles. The van der Waals surface area contributed by atoms with Crippen LogP contribution in [0.15, 0.2) is 10.6 Å². The minimum Gasteiger partial charge on any atom is -0.361 e. The highest BCUT2D eigenvalue weighted by Crippen LogP contribution is 2.40. The summed E-state index contributed by atoms with van der Waals surface area (Å²) >= 11 is 0. The molecule has 0 radical (unpaired) electrons. The van der Waals surface area contributed by atoms with Crippen LogP contribution in [0.1, 0.15) is 30.2 Å². The second kappa shape index (κ2) is 4.77. The monoisotopic (exact) mass is 209 g/mol. The fourth-order valence-corrected chi connectivity index (χ4v) is 1.62. The summed E-state index contributed by atoms with van der Waals surface area (Å²) < 4.78 is 5.30. The molecule has 4 heteroatoms. The van der Waals surface area contributed by atoms with E-state index in [0.29, 0.717) is 5.92 Å². The number of likely N-dealkylation sites (N-methyl/N-ethyl adjacent to an activating group) is 2. The molecule has 0 spiro atoms. The Hall–Kier alpha value is -0.870. The molecule has 1 aliphatic carbocycles. The number of hydrogen-bond donors (Lipinski definition) is 1. The first kappa shape index (κ1) is 10.6. The van der Waals surface area contributed by atoms with Crippen molar-refractivity contribution < 1.29 is 4.52 Å². The molecule has 1 heterocycles. The predicted molar refractivity (Wildman–Crippen MR) is 58.7 cm³/mol. The topological polar surface area (TPSA) is 41.3 Å². The molecule has 0 unspecified atom stereocenters. The summed E-state index contributed by atoms with van der Waals surface area (Å²) in [7, 11) is 4.07. The van der Waals surface area contributed by atoms with Crippen LogP contribution < -0.4 is 5.32 Å². The molecule has 1 aliphatic rings. The Morgan fingerprint density at radius 1 is 1.60 bits per heavy atom. The molecule has 1 aromatic heterocycles. The first-order chi connectivity index (χ1) is 7.29. The maximum atomic E-state index is 5.30. The highest BCUT2D eigenvalue weighted by molar-refractivity contribution is 5.14. The van der Waals surface area contributed by atoms with Crippen LogP contribution in [0.2, 0.25) is 0 Å². The van der Waals surface area contributed by atoms with Crippen LogP contribution in [0.5, 0.6) is 0 Å². The standard InChI is InChI=1S/C11H19N3O/c1-12-5-6-14(2)8-10-7-11(15-13-10)9-3-4-9/h7,9,12H,3-6,8H2,1-2H3. The summed E-state index contributed by atoms with van der Waals surface area (Å²) in [4.78, 5) is 2.24. The van der Waals surface area contributed by atoms with E-state index in [-0.39, 0.29) is 0 Å². The number of rotatable bonds is 6. The fourth-order valence-electron chi connectivity index (χ4n) is 1.62. The Balaban J connectivity index is 1.81. The Bertz CT molecular complexity index is 307. The molecule has 1 N–H and O–H groups in total. The lowest BCUT2D eigenvalue weighted by molar-refractivity contribution is 0.308. The van der Waals surface area contributed by atoms with E-state index in [1.165, 1.54) is 12.8 Å². The van der Waals surface area contributed by atoms with Gasteiger partial charge in [-0.25, -0.2) is 0 Å². The van der Waals surface area contributed by atoms with Crippen molar-refractivity contribution in [3.8, 4) is 0 Å². The van der Waals surface area contributed by atoms with Crippen LogP contribution in [-0.4, -0.2) is 37.2 Å². The number of nitrogens with zero attached hydrogens (tertiary/aromatic N) is 2. The number of aromatic nitrogens is 1. The van der Waals surface area contributed by atoms with Crippen LogP contribution in [0, 0.1) is 0 Å². The van der Waals surface area contributed by atoms with E-state index in [9.17, 15) is 0 Å². The third-order valence-corrected chi connectivity index (χ3v) is 2.73. The third kappa shape index (κ3) is 3.04. The van der Waals surface area contributed by atoms with E-state index in [1.807, 2.05) is 7.05 Å². The van der Waals surface area contributed by atoms with Gasteiger partial charge in [-0.05, 0) is 26.9 Å². The predicted octanol–water partition coefficient (Wildman–Crippen LogP) is 1.20. The normalized spacial score (nSPS) is 16.2. The molecule has 0 aliphatic heterocycles. The minimum absolute atomic E-state index is 0.661. The summed E-state index contributed by atoms with van der Waals surface area (Å²) in [5.41, 5.74) is 1.05. The van der Waals surface area contributed by atoms with Crippen LogP contribution in [0.25, 0.3) is 0 Å². The molecule has 15 heavy (non-hydrogen) atoms. The zero-order chi connectivity index (χ0) is 10.7. The van der Waals surface area contributed by atoms with Gasteiger partial charge >= 0.3 is 0 Å². The summed E-state index contributed by atoms with van der Waals surface area (Å²) in [6.07, 6.45) is 2.54. The van der Waals surface area contributed by atoms with Gasteiger partial charge in [-0.1, -0.05) is 5.16 Å². The van der Waals surface area contributed by atoms with E-state index >= 15 is 0 Å². The Morgan fingerprint density at radius 2 is 2.40 bits per heavy atom. The molecule has 2 rings (SSSR count). The van der Waals surface area contributed by atoms with Crippen molar-refractivity contribution in [2.45, 2.75) is 25.3 Å². The first-order valence-electron chi connectivity index (χ1n) is 5.58. The van der Waals surface area contributed by atoms with Crippen molar-refractivity contribution in [2.24, 2.45) is 0 Å². The molecular formula is C11H19N3O. The van der Waals surface area contributed by atoms with Gasteiger partial charge in [0.15, 0.2) is 0 Å². The van der Waals surface area contributed by atoms with E-state index in [2.05, 4.69) is 28.5 Å². The molecule has 84 valence electrons. The smallest absolute Gasteiger partial charge is 0.140 e. The van der Waals surface area contributed by atoms with Crippen LogP contribution in [0.3, 0.4) is 0 Å². The molecular weight excluding hydrogens is 190 g/mol. The van der Waals surface area contributed by atoms with Gasteiger partial charge in [-0.15, -0.1) is 0 Å². The zero-order valence-corrected chi connectivity index (χ0v) is 9.49. The minimum atomic E-state index is 0.661. The van der Waals surface area contributed by atoms with Gasteiger partial charge < -0.3 is 9.84 Å². The third-order valence-electron chi connectivity index (χ3n) is 2.73. The van der Waals surface area contributed by atoms with Gasteiger partial charge in [0.05, 0.1) is 5.69 Å². The number of nitrogens with one attached hydrogen (secondary N) is 1. The Kier molecular flexibility index (Phi) is 3.38. The highest BCUT2D eigenvalue weighted by Gasteiger charge is 2.27. The highest BCUT2D eigenvalue weighted by atomic mass is 16.5. The van der Waals surface area contributed by atoms with Gasteiger partial charge in [0.1, 0.15) is 5.76 Å². The van der Waals surface area contributed by atoms with Crippen LogP contribution in [0.4, 0.5) is 0 Å². The molecule has 1 fully saturated rings. The molecule has 1 saturated carbocycles. The maximum absolute atomic E-state index is 5.30. The molecule has 1 aromatic rings. The lowest BCUT2D eigenvalue weighted by Crippen LogP contribution is -2.27. The first-order valence-corrected chi connectivity index (χ1v) is 5.58. The lowest BCUT2D eigenvalue weighted by atomic mass is 10.3. The molecule has 0 amide bonds. The van der Waals surface area contributed by atoms with E-state index in [4.69, 9.17) is 4.52 Å². The molecule has 0 aromatic carbocycles. The maximum Gasteiger partial charge on any atom is 0.140 e. The van der Waals surface area contributed by atoms with E-state index in [0.717, 1.165) is 31.1 Å². The molecule has 0 atom stereocenters. The van der Waals surface area contributed by atoms with Crippen molar-refractivity contribution in [2.75, 3.05) is 27.2 Å².